The summed E-state index contributed by atoms with van der Waals surface area (Å²) < 4.78 is 0. The van der Waals surface area contributed by atoms with Crippen molar-refractivity contribution >= 4 is 45.1 Å². The first-order valence-corrected chi connectivity index (χ1v) is 6.32. The van der Waals surface area contributed by atoms with E-state index in [2.05, 4.69) is 20.6 Å². The topological polar surface area (TPSA) is 49.8 Å². The number of para-hydroxylation sites is 2. The minimum atomic E-state index is 0.577. The number of benzene rings is 2. The van der Waals surface area contributed by atoms with Crippen molar-refractivity contribution < 1.29 is 0 Å². The molecule has 3 rings (SSSR count). The van der Waals surface area contributed by atoms with E-state index in [0.29, 0.717) is 5.11 Å². The Bertz CT molecular complexity index is 770. The molecule has 0 amide bonds. The number of thiocarbonyl (C=S) groups is 1. The van der Waals surface area contributed by atoms with Crippen LogP contribution in [0, 0.1) is 0 Å². The van der Waals surface area contributed by atoms with E-state index in [0.717, 1.165) is 27.8 Å². The summed E-state index contributed by atoms with van der Waals surface area (Å²) in [6, 6.07) is 13.7. The lowest BCUT2D eigenvalue weighted by Gasteiger charge is -2.08. The fraction of sp³-hybridized carbons (Fsp3) is 0.0714. The summed E-state index contributed by atoms with van der Waals surface area (Å²) in [5.41, 5.74) is 4.42. The predicted molar refractivity (Wildman–Crippen MR) is 82.3 cm³/mol. The van der Waals surface area contributed by atoms with E-state index in [1.165, 1.54) is 0 Å². The van der Waals surface area contributed by atoms with Gasteiger partial charge in [0.15, 0.2) is 5.11 Å². The Kier molecular flexibility index (Phi) is 2.97. The number of hydrogen-bond acceptors (Lipinski definition) is 3. The second-order valence-electron chi connectivity index (χ2n) is 4.12. The van der Waals surface area contributed by atoms with E-state index in [-0.39, 0.29) is 0 Å². The van der Waals surface area contributed by atoms with E-state index < -0.39 is 0 Å². The largest absolute Gasteiger partial charge is 0.366 e. The van der Waals surface area contributed by atoms with Crippen molar-refractivity contribution in [3.8, 4) is 0 Å². The molecule has 0 saturated carbocycles. The number of aromatic nitrogens is 2. The van der Waals surface area contributed by atoms with Crippen LogP contribution >= 0.6 is 12.2 Å². The summed E-state index contributed by atoms with van der Waals surface area (Å²) in [4.78, 5) is 9.18. The van der Waals surface area contributed by atoms with Crippen molar-refractivity contribution in [3.05, 3.63) is 42.5 Å². The zero-order valence-electron chi connectivity index (χ0n) is 10.3. The van der Waals surface area contributed by atoms with E-state index in [9.17, 15) is 0 Å². The maximum Gasteiger partial charge on any atom is 0.170 e. The Morgan fingerprint density at radius 2 is 1.58 bits per heavy atom. The molecule has 0 radical (unpaired) electrons. The van der Waals surface area contributed by atoms with Gasteiger partial charge in [-0.15, -0.1) is 0 Å². The number of nitrogens with zero attached hydrogens (tertiary/aromatic N) is 2. The standard InChI is InChI=1S/C14H12N4S/c1-15-14(19)16-9-6-7-12-13(8-9)18-11-5-3-2-4-10(11)17-12/h2-8H,1H3,(H2,15,16,19). The molecule has 94 valence electrons. The van der Waals surface area contributed by atoms with Crippen molar-refractivity contribution in [2.24, 2.45) is 0 Å². The SMILES string of the molecule is CNC(=S)Nc1ccc2nc3ccccc3nc2c1. The van der Waals surface area contributed by atoms with Crippen LogP contribution in [-0.2, 0) is 0 Å². The molecule has 4 nitrogen and oxygen atoms in total. The Morgan fingerprint density at radius 3 is 2.26 bits per heavy atom. The molecule has 3 aromatic rings. The number of nitrogens with one attached hydrogen (secondary N) is 2. The van der Waals surface area contributed by atoms with Gasteiger partial charge in [-0.25, -0.2) is 9.97 Å². The number of hydrogen-bond donors (Lipinski definition) is 2. The summed E-state index contributed by atoms with van der Waals surface area (Å²) in [6.45, 7) is 0. The second-order valence-corrected chi connectivity index (χ2v) is 4.53. The van der Waals surface area contributed by atoms with Crippen molar-refractivity contribution in [3.63, 3.8) is 0 Å². The maximum absolute atomic E-state index is 5.08. The van der Waals surface area contributed by atoms with Gasteiger partial charge in [-0.3, -0.25) is 0 Å². The number of anilines is 1. The predicted octanol–water partition coefficient (Wildman–Crippen LogP) is 2.70. The maximum atomic E-state index is 5.08. The molecule has 1 aromatic heterocycles. The smallest absolute Gasteiger partial charge is 0.170 e. The molecular weight excluding hydrogens is 256 g/mol. The minimum absolute atomic E-state index is 0.577. The van der Waals surface area contributed by atoms with Gasteiger partial charge in [-0.05, 0) is 42.5 Å². The lowest BCUT2D eigenvalue weighted by Crippen LogP contribution is -2.24. The van der Waals surface area contributed by atoms with E-state index >= 15 is 0 Å². The third kappa shape index (κ3) is 2.32. The van der Waals surface area contributed by atoms with Crippen LogP contribution in [0.5, 0.6) is 0 Å². The third-order valence-electron chi connectivity index (χ3n) is 2.82. The highest BCUT2D eigenvalue weighted by Crippen LogP contribution is 2.19. The molecule has 0 spiro atoms. The van der Waals surface area contributed by atoms with Gasteiger partial charge in [0.05, 0.1) is 22.1 Å². The molecule has 0 bridgehead atoms. The molecule has 2 N–H and O–H groups in total. The average molecular weight is 268 g/mol. The number of rotatable bonds is 1. The van der Waals surface area contributed by atoms with E-state index in [1.54, 1.807) is 7.05 Å². The zero-order chi connectivity index (χ0) is 13.2. The van der Waals surface area contributed by atoms with Crippen LogP contribution in [0.4, 0.5) is 5.69 Å². The zero-order valence-corrected chi connectivity index (χ0v) is 11.2. The van der Waals surface area contributed by atoms with Gasteiger partial charge in [-0.1, -0.05) is 12.1 Å². The van der Waals surface area contributed by atoms with Gasteiger partial charge in [0.25, 0.3) is 0 Å². The lowest BCUT2D eigenvalue weighted by atomic mass is 10.2. The average Bonchev–Trinajstić information content (AvgIpc) is 2.45. The molecule has 1 heterocycles. The molecular formula is C14H12N4S. The Hall–Kier alpha value is -2.27. The Balaban J connectivity index is 2.11. The summed E-state index contributed by atoms with van der Waals surface area (Å²) in [5, 5.41) is 6.54. The quantitative estimate of drug-likeness (QED) is 0.525. The van der Waals surface area contributed by atoms with Crippen molar-refractivity contribution in [1.82, 2.24) is 15.3 Å². The van der Waals surface area contributed by atoms with E-state index in [4.69, 9.17) is 12.2 Å². The first-order chi connectivity index (χ1) is 9.26. The van der Waals surface area contributed by atoms with Crippen LogP contribution in [0.2, 0.25) is 0 Å². The van der Waals surface area contributed by atoms with Crippen LogP contribution in [0.25, 0.3) is 22.1 Å². The molecule has 0 atom stereocenters. The van der Waals surface area contributed by atoms with Crippen LogP contribution in [0.1, 0.15) is 0 Å². The van der Waals surface area contributed by atoms with Crippen LogP contribution in [0.3, 0.4) is 0 Å². The molecule has 2 aromatic carbocycles. The lowest BCUT2D eigenvalue weighted by molar-refractivity contribution is 1.20. The van der Waals surface area contributed by atoms with Crippen molar-refractivity contribution in [1.29, 1.82) is 0 Å². The van der Waals surface area contributed by atoms with Crippen molar-refractivity contribution in [2.45, 2.75) is 0 Å². The first-order valence-electron chi connectivity index (χ1n) is 5.91. The van der Waals surface area contributed by atoms with E-state index in [1.807, 2.05) is 42.5 Å². The van der Waals surface area contributed by atoms with Gasteiger partial charge < -0.3 is 10.6 Å². The fourth-order valence-corrected chi connectivity index (χ4v) is 2.01. The molecule has 0 aliphatic rings. The monoisotopic (exact) mass is 268 g/mol. The molecule has 19 heavy (non-hydrogen) atoms. The molecule has 0 saturated heterocycles. The summed E-state index contributed by atoms with van der Waals surface area (Å²) in [5.74, 6) is 0. The molecule has 0 unspecified atom stereocenters. The van der Waals surface area contributed by atoms with Gasteiger partial charge in [-0.2, -0.15) is 0 Å². The first kappa shape index (κ1) is 11.8. The minimum Gasteiger partial charge on any atom is -0.366 e. The second kappa shape index (κ2) is 4.78. The van der Waals surface area contributed by atoms with Gasteiger partial charge >= 0.3 is 0 Å². The Labute approximate surface area is 115 Å². The van der Waals surface area contributed by atoms with Crippen LogP contribution < -0.4 is 10.6 Å². The highest BCUT2D eigenvalue weighted by molar-refractivity contribution is 7.80. The highest BCUT2D eigenvalue weighted by atomic mass is 32.1. The van der Waals surface area contributed by atoms with Crippen LogP contribution in [-0.4, -0.2) is 22.1 Å². The van der Waals surface area contributed by atoms with Crippen LogP contribution in [0.15, 0.2) is 42.5 Å². The molecule has 5 heteroatoms. The van der Waals surface area contributed by atoms with Gasteiger partial charge in [0, 0.05) is 12.7 Å². The Morgan fingerprint density at radius 1 is 0.947 bits per heavy atom. The highest BCUT2D eigenvalue weighted by Gasteiger charge is 2.03. The summed E-state index contributed by atoms with van der Waals surface area (Å²) in [7, 11) is 1.78. The summed E-state index contributed by atoms with van der Waals surface area (Å²) >= 11 is 5.08. The fourth-order valence-electron chi connectivity index (χ4n) is 1.89. The van der Waals surface area contributed by atoms with Crippen molar-refractivity contribution in [2.75, 3.05) is 12.4 Å². The third-order valence-corrected chi connectivity index (χ3v) is 3.13. The normalized spacial score (nSPS) is 10.6. The number of fused-ring (bicyclic) bond motifs is 2. The van der Waals surface area contributed by atoms with Gasteiger partial charge in [0.2, 0.25) is 0 Å². The molecule has 0 fully saturated rings. The molecule has 0 aliphatic heterocycles. The molecule has 0 aliphatic carbocycles. The van der Waals surface area contributed by atoms with Gasteiger partial charge in [0.1, 0.15) is 0 Å². The summed E-state index contributed by atoms with van der Waals surface area (Å²) in [6.07, 6.45) is 0.